The van der Waals surface area contributed by atoms with Gasteiger partial charge in [0.05, 0.1) is 16.1 Å². The number of hydrogen-bond acceptors (Lipinski definition) is 3. The Balaban J connectivity index is 2.39. The van der Waals surface area contributed by atoms with Crippen LogP contribution in [-0.2, 0) is 10.0 Å². The Morgan fingerprint density at radius 1 is 1.15 bits per heavy atom. The predicted molar refractivity (Wildman–Crippen MR) is 81.1 cm³/mol. The molecule has 2 aromatic carbocycles. The van der Waals surface area contributed by atoms with Crippen molar-refractivity contribution < 1.29 is 8.42 Å². The van der Waals surface area contributed by atoms with Gasteiger partial charge in [0.1, 0.15) is 6.07 Å². The smallest absolute Gasteiger partial charge is 0.261 e. The molecule has 0 heterocycles. The van der Waals surface area contributed by atoms with Gasteiger partial charge in [0.25, 0.3) is 10.0 Å². The summed E-state index contributed by atoms with van der Waals surface area (Å²) in [5, 5.41) is 9.47. The second-order valence-electron chi connectivity index (χ2n) is 3.86. The molecule has 0 atom stereocenters. The molecule has 0 aliphatic carbocycles. The van der Waals surface area contributed by atoms with E-state index >= 15 is 0 Å². The average molecular weight is 372 g/mol. The molecule has 1 N–H and O–H groups in total. The lowest BCUT2D eigenvalue weighted by molar-refractivity contribution is 0.601. The maximum Gasteiger partial charge on any atom is 0.261 e. The van der Waals surface area contributed by atoms with Crippen LogP contribution in [-0.4, -0.2) is 8.42 Å². The van der Waals surface area contributed by atoms with Gasteiger partial charge in [-0.15, -0.1) is 0 Å². The first kappa shape index (κ1) is 14.9. The van der Waals surface area contributed by atoms with Crippen molar-refractivity contribution in [2.45, 2.75) is 4.90 Å². The number of nitriles is 1. The summed E-state index contributed by atoms with van der Waals surface area (Å²) in [6, 6.07) is 12.4. The van der Waals surface area contributed by atoms with Crippen molar-refractivity contribution in [2.75, 3.05) is 4.72 Å². The van der Waals surface area contributed by atoms with Crippen LogP contribution in [0.5, 0.6) is 0 Å². The van der Waals surface area contributed by atoms with E-state index in [1.165, 1.54) is 30.3 Å². The number of anilines is 1. The van der Waals surface area contributed by atoms with Gasteiger partial charge in [-0.25, -0.2) is 8.42 Å². The van der Waals surface area contributed by atoms with Crippen LogP contribution >= 0.6 is 27.5 Å². The van der Waals surface area contributed by atoms with Crippen LogP contribution in [0.1, 0.15) is 5.56 Å². The Morgan fingerprint density at radius 2 is 1.80 bits per heavy atom. The van der Waals surface area contributed by atoms with Crippen molar-refractivity contribution >= 4 is 43.2 Å². The van der Waals surface area contributed by atoms with E-state index in [1.54, 1.807) is 12.1 Å². The molecule has 0 amide bonds. The average Bonchev–Trinajstić information content (AvgIpc) is 2.41. The van der Waals surface area contributed by atoms with E-state index in [0.717, 1.165) is 0 Å². The van der Waals surface area contributed by atoms with Crippen molar-refractivity contribution in [1.29, 1.82) is 5.26 Å². The lowest BCUT2D eigenvalue weighted by atomic mass is 10.2. The van der Waals surface area contributed by atoms with Crippen LogP contribution in [0.4, 0.5) is 5.69 Å². The lowest BCUT2D eigenvalue weighted by Crippen LogP contribution is -2.13. The fourth-order valence-electron chi connectivity index (χ4n) is 1.52. The molecule has 2 aromatic rings. The van der Waals surface area contributed by atoms with E-state index in [0.29, 0.717) is 9.50 Å². The Kier molecular flexibility index (Phi) is 4.33. The third-order valence-corrected chi connectivity index (χ3v) is 4.60. The maximum atomic E-state index is 12.2. The minimum Gasteiger partial charge on any atom is -0.278 e. The third kappa shape index (κ3) is 3.31. The van der Waals surface area contributed by atoms with Crippen molar-refractivity contribution in [2.24, 2.45) is 0 Å². The predicted octanol–water partition coefficient (Wildman–Crippen LogP) is 3.77. The zero-order chi connectivity index (χ0) is 14.8. The molecular formula is C13H8BrClN2O2S. The quantitative estimate of drug-likeness (QED) is 0.892. The van der Waals surface area contributed by atoms with Gasteiger partial charge in [-0.3, -0.25) is 4.72 Å². The highest BCUT2D eigenvalue weighted by atomic mass is 79.9. The summed E-state index contributed by atoms with van der Waals surface area (Å²) in [4.78, 5) is 0.0775. The Bertz CT molecular complexity index is 783. The standard InChI is InChI=1S/C13H8BrClN2O2S/c14-10-1-6-13(9(7-10)8-16)17-20(18,19)12-4-2-11(15)3-5-12/h1-7,17H. The summed E-state index contributed by atoms with van der Waals surface area (Å²) in [7, 11) is -3.75. The van der Waals surface area contributed by atoms with Gasteiger partial charge in [-0.1, -0.05) is 27.5 Å². The van der Waals surface area contributed by atoms with E-state index in [9.17, 15) is 8.42 Å². The van der Waals surface area contributed by atoms with Gasteiger partial charge in [-0.2, -0.15) is 5.26 Å². The van der Waals surface area contributed by atoms with Crippen LogP contribution in [0.2, 0.25) is 5.02 Å². The highest BCUT2D eigenvalue weighted by molar-refractivity contribution is 9.10. The highest BCUT2D eigenvalue weighted by Crippen LogP contribution is 2.23. The molecule has 0 saturated heterocycles. The van der Waals surface area contributed by atoms with Crippen LogP contribution in [0.3, 0.4) is 0 Å². The molecule has 102 valence electrons. The number of hydrogen-bond donors (Lipinski definition) is 1. The zero-order valence-corrected chi connectivity index (χ0v) is 13.1. The molecule has 4 nitrogen and oxygen atoms in total. The van der Waals surface area contributed by atoms with Gasteiger partial charge in [0, 0.05) is 9.50 Å². The summed E-state index contributed by atoms with van der Waals surface area (Å²) in [5.41, 5.74) is 0.461. The number of halogens is 2. The van der Waals surface area contributed by atoms with Gasteiger partial charge >= 0.3 is 0 Å². The fraction of sp³-hybridized carbons (Fsp3) is 0. The number of rotatable bonds is 3. The molecule has 7 heteroatoms. The second-order valence-corrected chi connectivity index (χ2v) is 6.90. The summed E-state index contributed by atoms with van der Waals surface area (Å²) in [6.45, 7) is 0. The zero-order valence-electron chi connectivity index (χ0n) is 9.97. The molecular weight excluding hydrogens is 364 g/mol. The minimum absolute atomic E-state index is 0.0775. The van der Waals surface area contributed by atoms with E-state index in [-0.39, 0.29) is 16.1 Å². The summed E-state index contributed by atoms with van der Waals surface area (Å²) in [6.07, 6.45) is 0. The molecule has 0 aliphatic heterocycles. The number of benzene rings is 2. The van der Waals surface area contributed by atoms with Crippen molar-refractivity contribution in [1.82, 2.24) is 0 Å². The minimum atomic E-state index is -3.75. The molecule has 0 aromatic heterocycles. The molecule has 0 aliphatic rings. The summed E-state index contributed by atoms with van der Waals surface area (Å²) < 4.78 is 27.5. The molecule has 0 fully saturated rings. The van der Waals surface area contributed by atoms with Gasteiger partial charge in [0.15, 0.2) is 0 Å². The monoisotopic (exact) mass is 370 g/mol. The van der Waals surface area contributed by atoms with E-state index < -0.39 is 10.0 Å². The second kappa shape index (κ2) is 5.83. The first-order valence-electron chi connectivity index (χ1n) is 5.40. The first-order valence-corrected chi connectivity index (χ1v) is 8.06. The molecule has 0 spiro atoms. The number of sulfonamides is 1. The molecule has 20 heavy (non-hydrogen) atoms. The molecule has 2 rings (SSSR count). The van der Waals surface area contributed by atoms with Crippen molar-refractivity contribution in [3.8, 4) is 6.07 Å². The van der Waals surface area contributed by atoms with Crippen molar-refractivity contribution in [3.63, 3.8) is 0 Å². The Morgan fingerprint density at radius 3 is 2.40 bits per heavy atom. The summed E-state index contributed by atoms with van der Waals surface area (Å²) >= 11 is 8.95. The van der Waals surface area contributed by atoms with Crippen LogP contribution in [0.15, 0.2) is 51.8 Å². The van der Waals surface area contributed by atoms with Crippen LogP contribution in [0.25, 0.3) is 0 Å². The Labute approximate surface area is 130 Å². The normalized spacial score (nSPS) is 10.8. The van der Waals surface area contributed by atoms with Crippen molar-refractivity contribution in [3.05, 3.63) is 57.5 Å². The topological polar surface area (TPSA) is 70.0 Å². The maximum absolute atomic E-state index is 12.2. The molecule has 0 unspecified atom stereocenters. The SMILES string of the molecule is N#Cc1cc(Br)ccc1NS(=O)(=O)c1ccc(Cl)cc1. The van der Waals surface area contributed by atoms with Gasteiger partial charge in [0.2, 0.25) is 0 Å². The van der Waals surface area contributed by atoms with E-state index in [2.05, 4.69) is 20.7 Å². The third-order valence-electron chi connectivity index (χ3n) is 2.47. The fourth-order valence-corrected chi connectivity index (χ4v) is 3.08. The highest BCUT2D eigenvalue weighted by Gasteiger charge is 2.16. The lowest BCUT2D eigenvalue weighted by Gasteiger charge is -2.09. The Hall–Kier alpha value is -1.55. The number of nitrogens with one attached hydrogen (secondary N) is 1. The first-order chi connectivity index (χ1) is 9.42. The molecule has 0 saturated carbocycles. The number of nitrogens with zero attached hydrogens (tertiary/aromatic N) is 1. The van der Waals surface area contributed by atoms with Gasteiger partial charge < -0.3 is 0 Å². The van der Waals surface area contributed by atoms with Crippen LogP contribution < -0.4 is 4.72 Å². The van der Waals surface area contributed by atoms with E-state index in [1.807, 2.05) is 6.07 Å². The van der Waals surface area contributed by atoms with Gasteiger partial charge in [-0.05, 0) is 42.5 Å². The summed E-state index contributed by atoms with van der Waals surface area (Å²) in [5.74, 6) is 0. The molecule has 0 bridgehead atoms. The van der Waals surface area contributed by atoms with E-state index in [4.69, 9.17) is 16.9 Å². The largest absolute Gasteiger partial charge is 0.278 e. The van der Waals surface area contributed by atoms with Crippen LogP contribution in [0, 0.1) is 11.3 Å². The molecule has 0 radical (unpaired) electrons.